The van der Waals surface area contributed by atoms with Crippen LogP contribution in [0.1, 0.15) is 18.4 Å². The first-order valence-corrected chi connectivity index (χ1v) is 14.7. The summed E-state index contributed by atoms with van der Waals surface area (Å²) in [6, 6.07) is 19.7. The Labute approximate surface area is 254 Å². The highest BCUT2D eigenvalue weighted by Gasteiger charge is 2.19. The number of β-amino-alcohol motifs (C(OH)–C–C–N with tert-alkyl or cyclic N) is 1. The monoisotopic (exact) mass is 601 g/mol. The number of nitrogens with one attached hydrogen (secondary N) is 1. The zero-order valence-corrected chi connectivity index (χ0v) is 24.3. The van der Waals surface area contributed by atoms with Gasteiger partial charge in [-0.15, -0.1) is 0 Å². The largest absolute Gasteiger partial charge is 0.487 e. The minimum Gasteiger partial charge on any atom is -0.487 e. The average Bonchev–Trinajstić information content (AvgIpc) is 3.46. The maximum atomic E-state index is 13.5. The van der Waals surface area contributed by atoms with E-state index in [-0.39, 0.29) is 18.5 Å². The SMILES string of the molecule is OC1CCN(C[C@@H](O)Cn2ccc(-c3ccc4ncnc(Nc5ccc(OCc6cccc(F)c6)c(Cl)c5)c4c3)c2)CC1. The van der Waals surface area contributed by atoms with Crippen LogP contribution in [-0.4, -0.2) is 61.5 Å². The molecule has 1 fully saturated rings. The van der Waals surface area contributed by atoms with Crippen LogP contribution in [-0.2, 0) is 13.2 Å². The van der Waals surface area contributed by atoms with Crippen LogP contribution in [0.2, 0.25) is 5.02 Å². The van der Waals surface area contributed by atoms with Gasteiger partial charge in [0.2, 0.25) is 0 Å². The second kappa shape index (κ2) is 13.1. The highest BCUT2D eigenvalue weighted by Crippen LogP contribution is 2.32. The Balaban J connectivity index is 1.13. The summed E-state index contributed by atoms with van der Waals surface area (Å²) in [5.74, 6) is 0.822. The minimum atomic E-state index is -0.499. The minimum absolute atomic E-state index is 0.202. The fraction of sp³-hybridized carbons (Fsp3) is 0.273. The number of ether oxygens (including phenoxy) is 1. The molecule has 43 heavy (non-hydrogen) atoms. The van der Waals surface area contributed by atoms with E-state index in [1.165, 1.54) is 18.5 Å². The van der Waals surface area contributed by atoms with Crippen molar-refractivity contribution in [2.45, 2.75) is 38.2 Å². The van der Waals surface area contributed by atoms with Crippen molar-refractivity contribution in [2.24, 2.45) is 0 Å². The van der Waals surface area contributed by atoms with E-state index in [0.29, 0.717) is 35.2 Å². The van der Waals surface area contributed by atoms with Crippen molar-refractivity contribution >= 4 is 34.0 Å². The van der Waals surface area contributed by atoms with Gasteiger partial charge in [-0.05, 0) is 78.1 Å². The summed E-state index contributed by atoms with van der Waals surface area (Å²) in [5, 5.41) is 25.0. The van der Waals surface area contributed by atoms with Gasteiger partial charge in [-0.25, -0.2) is 14.4 Å². The van der Waals surface area contributed by atoms with Crippen LogP contribution >= 0.6 is 11.6 Å². The predicted octanol–water partition coefficient (Wildman–Crippen LogP) is 6.03. The number of benzene rings is 3. The number of likely N-dealkylation sites (tertiary alicyclic amines) is 1. The topological polar surface area (TPSA) is 95.7 Å². The fourth-order valence-corrected chi connectivity index (χ4v) is 5.62. The molecule has 0 aliphatic carbocycles. The Morgan fingerprint density at radius 3 is 2.67 bits per heavy atom. The van der Waals surface area contributed by atoms with E-state index in [2.05, 4.69) is 20.2 Å². The lowest BCUT2D eigenvalue weighted by Crippen LogP contribution is -2.41. The van der Waals surface area contributed by atoms with E-state index >= 15 is 0 Å². The molecule has 0 unspecified atom stereocenters. The zero-order chi connectivity index (χ0) is 29.8. The Bertz CT molecular complexity index is 1710. The maximum absolute atomic E-state index is 13.5. The molecule has 0 radical (unpaired) electrons. The molecule has 10 heteroatoms. The first kappa shape index (κ1) is 29.1. The molecule has 1 saturated heterocycles. The number of fused-ring (bicyclic) bond motifs is 1. The van der Waals surface area contributed by atoms with Gasteiger partial charge in [0.15, 0.2) is 0 Å². The van der Waals surface area contributed by atoms with Crippen LogP contribution in [0.4, 0.5) is 15.9 Å². The Morgan fingerprint density at radius 1 is 1.00 bits per heavy atom. The van der Waals surface area contributed by atoms with Crippen LogP contribution in [0, 0.1) is 5.82 Å². The molecule has 2 aromatic heterocycles. The summed E-state index contributed by atoms with van der Waals surface area (Å²) in [5.41, 5.74) is 4.27. The predicted molar refractivity (Wildman–Crippen MR) is 166 cm³/mol. The van der Waals surface area contributed by atoms with E-state index in [1.54, 1.807) is 24.3 Å². The first-order chi connectivity index (χ1) is 20.9. The van der Waals surface area contributed by atoms with Gasteiger partial charge in [-0.1, -0.05) is 29.8 Å². The van der Waals surface area contributed by atoms with Gasteiger partial charge in [0.25, 0.3) is 0 Å². The molecule has 8 nitrogen and oxygen atoms in total. The molecule has 0 spiro atoms. The summed E-state index contributed by atoms with van der Waals surface area (Å²) in [7, 11) is 0. The average molecular weight is 602 g/mol. The third-order valence-electron chi connectivity index (χ3n) is 7.64. The summed E-state index contributed by atoms with van der Waals surface area (Å²) in [4.78, 5) is 11.1. The second-order valence-electron chi connectivity index (χ2n) is 10.9. The molecule has 3 N–H and O–H groups in total. The molecule has 1 aliphatic rings. The highest BCUT2D eigenvalue weighted by atomic mass is 35.5. The molecule has 222 valence electrons. The number of aromatic nitrogens is 3. The highest BCUT2D eigenvalue weighted by molar-refractivity contribution is 6.32. The number of piperidine rings is 1. The smallest absolute Gasteiger partial charge is 0.141 e. The van der Waals surface area contributed by atoms with Crippen molar-refractivity contribution in [1.29, 1.82) is 0 Å². The van der Waals surface area contributed by atoms with Gasteiger partial charge in [0.05, 0.1) is 22.7 Å². The Kier molecular flexibility index (Phi) is 8.85. The number of halogens is 2. The normalized spacial score (nSPS) is 15.1. The van der Waals surface area contributed by atoms with Crippen molar-refractivity contribution in [3.63, 3.8) is 0 Å². The second-order valence-corrected chi connectivity index (χ2v) is 11.3. The van der Waals surface area contributed by atoms with Crippen LogP contribution in [0.3, 0.4) is 0 Å². The van der Waals surface area contributed by atoms with Crippen molar-refractivity contribution in [1.82, 2.24) is 19.4 Å². The van der Waals surface area contributed by atoms with Crippen LogP contribution in [0.5, 0.6) is 5.75 Å². The van der Waals surface area contributed by atoms with Gasteiger partial charge >= 0.3 is 0 Å². The van der Waals surface area contributed by atoms with Crippen molar-refractivity contribution in [3.8, 4) is 16.9 Å². The van der Waals surface area contributed by atoms with Gasteiger partial charge in [-0.3, -0.25) is 0 Å². The number of aliphatic hydroxyl groups excluding tert-OH is 2. The van der Waals surface area contributed by atoms with Crippen molar-refractivity contribution in [3.05, 3.63) is 102 Å². The molecule has 1 aliphatic heterocycles. The molecule has 0 bridgehead atoms. The molecule has 3 aromatic carbocycles. The van der Waals surface area contributed by atoms with Gasteiger partial charge < -0.3 is 29.7 Å². The van der Waals surface area contributed by atoms with Crippen molar-refractivity contribution in [2.75, 3.05) is 25.0 Å². The molecular weight excluding hydrogens is 569 g/mol. The Morgan fingerprint density at radius 2 is 1.86 bits per heavy atom. The van der Waals surface area contributed by atoms with E-state index < -0.39 is 6.10 Å². The first-order valence-electron chi connectivity index (χ1n) is 14.3. The lowest BCUT2D eigenvalue weighted by molar-refractivity contribution is 0.0459. The van der Waals surface area contributed by atoms with E-state index in [9.17, 15) is 14.6 Å². The molecule has 3 heterocycles. The number of hydrogen-bond donors (Lipinski definition) is 3. The molecule has 0 saturated carbocycles. The van der Waals surface area contributed by atoms with Crippen molar-refractivity contribution < 1.29 is 19.3 Å². The third kappa shape index (κ3) is 7.32. The quantitative estimate of drug-likeness (QED) is 0.180. The molecule has 1 atom stereocenters. The number of anilines is 2. The Hall–Kier alpha value is -4.02. The lowest BCUT2D eigenvalue weighted by Gasteiger charge is -2.31. The van der Waals surface area contributed by atoms with E-state index in [1.807, 2.05) is 47.3 Å². The number of hydrogen-bond acceptors (Lipinski definition) is 7. The third-order valence-corrected chi connectivity index (χ3v) is 7.94. The maximum Gasteiger partial charge on any atom is 0.141 e. The van der Waals surface area contributed by atoms with Crippen LogP contribution in [0.25, 0.3) is 22.0 Å². The van der Waals surface area contributed by atoms with Gasteiger partial charge in [-0.2, -0.15) is 0 Å². The summed E-state index contributed by atoms with van der Waals surface area (Å²) in [6.45, 7) is 2.91. The molecular formula is C33H33ClFN5O3. The molecule has 5 aromatic rings. The molecule has 0 amide bonds. The van der Waals surface area contributed by atoms with Crippen LogP contribution in [0.15, 0.2) is 85.5 Å². The van der Waals surface area contributed by atoms with Crippen LogP contribution < -0.4 is 10.1 Å². The summed E-state index contributed by atoms with van der Waals surface area (Å²) < 4.78 is 21.3. The van der Waals surface area contributed by atoms with Gasteiger partial charge in [0.1, 0.15) is 30.3 Å². The lowest BCUT2D eigenvalue weighted by atomic mass is 10.1. The number of rotatable bonds is 10. The van der Waals surface area contributed by atoms with E-state index in [4.69, 9.17) is 16.3 Å². The molecule has 6 rings (SSSR count). The standard InChI is InChI=1S/C33H33ClFN5O3/c34-30-16-26(5-7-32(30)43-20-22-2-1-3-25(35)14-22)38-33-29-15-23(4-6-31(29)36-21-37-33)24-8-11-40(17-24)19-28(42)18-39-12-9-27(41)10-13-39/h1-8,11,14-17,21,27-28,41-42H,9-10,12-13,18-20H2,(H,36,37,38)/t28-/m1/s1. The summed E-state index contributed by atoms with van der Waals surface area (Å²) in [6.07, 6.45) is 6.32. The van der Waals surface area contributed by atoms with E-state index in [0.717, 1.165) is 53.6 Å². The zero-order valence-electron chi connectivity index (χ0n) is 23.5. The number of aliphatic hydroxyl groups is 2. The number of nitrogens with zero attached hydrogens (tertiary/aromatic N) is 4. The summed E-state index contributed by atoms with van der Waals surface area (Å²) >= 11 is 6.51. The van der Waals surface area contributed by atoms with Gasteiger partial charge in [0, 0.05) is 49.6 Å². The fourth-order valence-electron chi connectivity index (χ4n) is 5.38.